The Kier molecular flexibility index (Phi) is 4.06. The molecule has 0 fully saturated rings. The summed E-state index contributed by atoms with van der Waals surface area (Å²) in [6.07, 6.45) is 1.47. The van der Waals surface area contributed by atoms with Crippen LogP contribution in [-0.4, -0.2) is 16.6 Å². The molecular formula is C11H14N2OS2. The average Bonchev–Trinajstić information content (AvgIpc) is 2.89. The molecule has 0 saturated carbocycles. The van der Waals surface area contributed by atoms with Crippen molar-refractivity contribution in [2.24, 2.45) is 0 Å². The van der Waals surface area contributed by atoms with Crippen molar-refractivity contribution in [3.8, 4) is 0 Å². The molecule has 3 nitrogen and oxygen atoms in total. The lowest BCUT2D eigenvalue weighted by molar-refractivity contribution is 0.178. The number of nitrogens with one attached hydrogen (secondary N) is 1. The fraction of sp³-hybridized carbons (Fsp3) is 0.364. The molecule has 0 radical (unpaired) electrons. The molecule has 2 aromatic heterocycles. The van der Waals surface area contributed by atoms with Crippen LogP contribution >= 0.6 is 22.7 Å². The van der Waals surface area contributed by atoms with E-state index in [1.807, 2.05) is 30.6 Å². The molecule has 86 valence electrons. The van der Waals surface area contributed by atoms with Crippen LogP contribution in [0.15, 0.2) is 23.7 Å². The van der Waals surface area contributed by atoms with Gasteiger partial charge in [0, 0.05) is 29.0 Å². The summed E-state index contributed by atoms with van der Waals surface area (Å²) in [5, 5.41) is 16.1. The smallest absolute Gasteiger partial charge is 0.101 e. The van der Waals surface area contributed by atoms with Gasteiger partial charge in [-0.2, -0.15) is 0 Å². The van der Waals surface area contributed by atoms with Crippen LogP contribution in [0.25, 0.3) is 0 Å². The molecule has 16 heavy (non-hydrogen) atoms. The molecule has 0 bridgehead atoms. The first kappa shape index (κ1) is 11.7. The second kappa shape index (κ2) is 5.54. The number of hydrogen-bond acceptors (Lipinski definition) is 5. The minimum absolute atomic E-state index is 0.408. The Bertz CT molecular complexity index is 425. The van der Waals surface area contributed by atoms with Gasteiger partial charge < -0.3 is 10.4 Å². The van der Waals surface area contributed by atoms with Gasteiger partial charge in [0.05, 0.1) is 5.01 Å². The van der Waals surface area contributed by atoms with Crippen molar-refractivity contribution in [1.29, 1.82) is 0 Å². The predicted octanol–water partition coefficient (Wildman–Crippen LogP) is 2.34. The Morgan fingerprint density at radius 3 is 3.06 bits per heavy atom. The van der Waals surface area contributed by atoms with E-state index in [1.165, 1.54) is 4.88 Å². The third-order valence-corrected chi connectivity index (χ3v) is 4.06. The Hall–Kier alpha value is -0.750. The molecule has 2 heterocycles. The number of nitrogens with zero attached hydrogens (tertiary/aromatic N) is 1. The second-order valence-corrected chi connectivity index (χ2v) is 5.81. The van der Waals surface area contributed by atoms with Gasteiger partial charge in [0.2, 0.25) is 0 Å². The molecule has 0 aliphatic heterocycles. The standard InChI is InChI=1S/C11H14N2OS2/c1-8-13-6-9(16-8)5-12-7-10(14)11-3-2-4-15-11/h2-4,6,10,12,14H,5,7H2,1H3. The number of aliphatic hydroxyl groups excluding tert-OH is 1. The van der Waals surface area contributed by atoms with Gasteiger partial charge in [-0.1, -0.05) is 6.07 Å². The van der Waals surface area contributed by atoms with Crippen molar-refractivity contribution in [1.82, 2.24) is 10.3 Å². The van der Waals surface area contributed by atoms with Gasteiger partial charge in [0.15, 0.2) is 0 Å². The number of aryl methyl sites for hydroxylation is 1. The summed E-state index contributed by atoms with van der Waals surface area (Å²) in [4.78, 5) is 6.39. The van der Waals surface area contributed by atoms with Gasteiger partial charge in [-0.3, -0.25) is 0 Å². The normalized spacial score (nSPS) is 12.9. The summed E-state index contributed by atoms with van der Waals surface area (Å²) < 4.78 is 0. The van der Waals surface area contributed by atoms with Crippen molar-refractivity contribution in [2.45, 2.75) is 19.6 Å². The molecule has 0 aromatic carbocycles. The molecule has 2 N–H and O–H groups in total. The van der Waals surface area contributed by atoms with Crippen molar-refractivity contribution in [3.63, 3.8) is 0 Å². The highest BCUT2D eigenvalue weighted by Crippen LogP contribution is 2.18. The lowest BCUT2D eigenvalue weighted by Gasteiger charge is -2.08. The topological polar surface area (TPSA) is 45.2 Å². The van der Waals surface area contributed by atoms with Crippen molar-refractivity contribution >= 4 is 22.7 Å². The quantitative estimate of drug-likeness (QED) is 0.861. The van der Waals surface area contributed by atoms with Crippen LogP contribution in [0, 0.1) is 6.92 Å². The first-order chi connectivity index (χ1) is 7.75. The maximum absolute atomic E-state index is 9.83. The molecule has 2 rings (SSSR count). The lowest BCUT2D eigenvalue weighted by Crippen LogP contribution is -2.19. The molecule has 0 aliphatic carbocycles. The van der Waals surface area contributed by atoms with E-state index >= 15 is 0 Å². The zero-order chi connectivity index (χ0) is 11.4. The molecule has 0 aliphatic rings. The van der Waals surface area contributed by atoms with Gasteiger partial charge in [0.1, 0.15) is 6.10 Å². The maximum atomic E-state index is 9.83. The highest BCUT2D eigenvalue weighted by molar-refractivity contribution is 7.11. The van der Waals surface area contributed by atoms with E-state index in [-0.39, 0.29) is 0 Å². The van der Waals surface area contributed by atoms with E-state index < -0.39 is 6.10 Å². The third-order valence-electron chi connectivity index (χ3n) is 2.18. The number of thiophene rings is 1. The molecule has 0 saturated heterocycles. The van der Waals surface area contributed by atoms with Gasteiger partial charge in [-0.15, -0.1) is 22.7 Å². The minimum Gasteiger partial charge on any atom is -0.386 e. The van der Waals surface area contributed by atoms with E-state index in [0.29, 0.717) is 6.54 Å². The second-order valence-electron chi connectivity index (χ2n) is 3.51. The highest BCUT2D eigenvalue weighted by atomic mass is 32.1. The number of thiazole rings is 1. The number of hydrogen-bond donors (Lipinski definition) is 2. The largest absolute Gasteiger partial charge is 0.386 e. The van der Waals surface area contributed by atoms with Gasteiger partial charge in [-0.05, 0) is 18.4 Å². The molecule has 5 heteroatoms. The average molecular weight is 254 g/mol. The third kappa shape index (κ3) is 3.12. The summed E-state index contributed by atoms with van der Waals surface area (Å²) in [5.41, 5.74) is 0. The van der Waals surface area contributed by atoms with Crippen LogP contribution in [0.4, 0.5) is 0 Å². The maximum Gasteiger partial charge on any atom is 0.101 e. The lowest BCUT2D eigenvalue weighted by atomic mass is 10.3. The number of rotatable bonds is 5. The van der Waals surface area contributed by atoms with E-state index in [4.69, 9.17) is 0 Å². The van der Waals surface area contributed by atoms with E-state index in [1.54, 1.807) is 22.7 Å². The number of aliphatic hydroxyl groups is 1. The summed E-state index contributed by atoms with van der Waals surface area (Å²) in [5.74, 6) is 0. The summed E-state index contributed by atoms with van der Waals surface area (Å²) in [7, 11) is 0. The van der Waals surface area contributed by atoms with Gasteiger partial charge in [0.25, 0.3) is 0 Å². The monoisotopic (exact) mass is 254 g/mol. The Labute approximate surface area is 103 Å². The molecule has 0 amide bonds. The van der Waals surface area contributed by atoms with Gasteiger partial charge in [-0.25, -0.2) is 4.98 Å². The zero-order valence-electron chi connectivity index (χ0n) is 9.01. The summed E-state index contributed by atoms with van der Waals surface area (Å²) in [6, 6.07) is 3.91. The Morgan fingerprint density at radius 1 is 1.56 bits per heavy atom. The van der Waals surface area contributed by atoms with Gasteiger partial charge >= 0.3 is 0 Å². The number of aromatic nitrogens is 1. The van der Waals surface area contributed by atoms with Crippen molar-refractivity contribution < 1.29 is 5.11 Å². The fourth-order valence-electron chi connectivity index (χ4n) is 1.40. The molecular weight excluding hydrogens is 240 g/mol. The first-order valence-corrected chi connectivity index (χ1v) is 6.79. The van der Waals surface area contributed by atoms with Crippen LogP contribution in [0.5, 0.6) is 0 Å². The minimum atomic E-state index is -0.408. The molecule has 1 unspecified atom stereocenters. The van der Waals surface area contributed by atoms with Crippen LogP contribution in [0.2, 0.25) is 0 Å². The molecule has 2 aromatic rings. The Morgan fingerprint density at radius 2 is 2.44 bits per heavy atom. The van der Waals surface area contributed by atoms with E-state index in [2.05, 4.69) is 10.3 Å². The SMILES string of the molecule is Cc1ncc(CNCC(O)c2cccs2)s1. The van der Waals surface area contributed by atoms with Crippen LogP contribution < -0.4 is 5.32 Å². The van der Waals surface area contributed by atoms with Crippen molar-refractivity contribution in [2.75, 3.05) is 6.54 Å². The predicted molar refractivity (Wildman–Crippen MR) is 67.8 cm³/mol. The van der Waals surface area contributed by atoms with E-state index in [9.17, 15) is 5.11 Å². The summed E-state index contributed by atoms with van der Waals surface area (Å²) >= 11 is 3.27. The van der Waals surface area contributed by atoms with Crippen LogP contribution in [0.3, 0.4) is 0 Å². The molecule has 1 atom stereocenters. The highest BCUT2D eigenvalue weighted by Gasteiger charge is 2.07. The molecule has 0 spiro atoms. The van der Waals surface area contributed by atoms with Crippen molar-refractivity contribution in [3.05, 3.63) is 38.5 Å². The first-order valence-electron chi connectivity index (χ1n) is 5.09. The van der Waals surface area contributed by atoms with Crippen LogP contribution in [0.1, 0.15) is 20.9 Å². The van der Waals surface area contributed by atoms with Crippen LogP contribution in [-0.2, 0) is 6.54 Å². The summed E-state index contributed by atoms with van der Waals surface area (Å²) in [6.45, 7) is 3.35. The van der Waals surface area contributed by atoms with E-state index in [0.717, 1.165) is 16.4 Å². The fourth-order valence-corrected chi connectivity index (χ4v) is 2.88. The zero-order valence-corrected chi connectivity index (χ0v) is 10.6. The Balaban J connectivity index is 1.76.